The molecule has 0 bridgehead atoms. The molecule has 1 aromatic heterocycles. The molecule has 0 unspecified atom stereocenters. The smallest absolute Gasteiger partial charge is 0.229 e. The normalized spacial score (nSPS) is 19.0. The van der Waals surface area contributed by atoms with Crippen molar-refractivity contribution < 1.29 is 9.59 Å². The molecule has 7 heteroatoms. The Morgan fingerprint density at radius 3 is 2.57 bits per heavy atom. The highest BCUT2D eigenvalue weighted by molar-refractivity contribution is 5.93. The molecule has 2 amide bonds. The number of amides is 2. The molecule has 2 N–H and O–H groups in total. The molecule has 1 aliphatic heterocycles. The molecule has 2 atom stereocenters. The van der Waals surface area contributed by atoms with Crippen molar-refractivity contribution in [3.05, 3.63) is 47.8 Å². The van der Waals surface area contributed by atoms with E-state index in [1.165, 1.54) is 0 Å². The molecule has 2 aromatic rings. The SMILES string of the molecule is CC(=O)N(Cc1ccc(NC(=O)[C@H]2CNC[C@@H]2c2cnn(C)c2)cc1)C(C)C. The van der Waals surface area contributed by atoms with Crippen molar-refractivity contribution in [1.82, 2.24) is 20.0 Å². The fraction of sp³-hybridized carbons (Fsp3) is 0.476. The number of anilines is 1. The lowest BCUT2D eigenvalue weighted by Crippen LogP contribution is -2.34. The molecule has 0 aliphatic carbocycles. The van der Waals surface area contributed by atoms with Crippen molar-refractivity contribution in [2.75, 3.05) is 18.4 Å². The molecule has 3 rings (SSSR count). The van der Waals surface area contributed by atoms with E-state index in [9.17, 15) is 9.59 Å². The van der Waals surface area contributed by atoms with Gasteiger partial charge in [0.15, 0.2) is 0 Å². The lowest BCUT2D eigenvalue weighted by Gasteiger charge is -2.25. The van der Waals surface area contributed by atoms with E-state index in [2.05, 4.69) is 15.7 Å². The minimum absolute atomic E-state index is 0.0131. The topological polar surface area (TPSA) is 79.3 Å². The van der Waals surface area contributed by atoms with Crippen molar-refractivity contribution in [3.8, 4) is 0 Å². The fourth-order valence-electron chi connectivity index (χ4n) is 3.72. The summed E-state index contributed by atoms with van der Waals surface area (Å²) in [4.78, 5) is 26.4. The molecule has 1 fully saturated rings. The zero-order valence-corrected chi connectivity index (χ0v) is 17.0. The minimum atomic E-state index is -0.127. The number of benzene rings is 1. The fourth-order valence-corrected chi connectivity index (χ4v) is 3.72. The molecular weight excluding hydrogens is 354 g/mol. The summed E-state index contributed by atoms with van der Waals surface area (Å²) >= 11 is 0. The average molecular weight is 383 g/mol. The quantitative estimate of drug-likeness (QED) is 0.801. The average Bonchev–Trinajstić information content (AvgIpc) is 3.29. The van der Waals surface area contributed by atoms with Crippen LogP contribution in [0.25, 0.3) is 0 Å². The van der Waals surface area contributed by atoms with Crippen LogP contribution in [0, 0.1) is 5.92 Å². The highest BCUT2D eigenvalue weighted by Gasteiger charge is 2.34. The summed E-state index contributed by atoms with van der Waals surface area (Å²) < 4.78 is 1.77. The van der Waals surface area contributed by atoms with Gasteiger partial charge in [-0.1, -0.05) is 12.1 Å². The molecule has 1 aliphatic rings. The summed E-state index contributed by atoms with van der Waals surface area (Å²) in [5.74, 6) is 0.0721. The van der Waals surface area contributed by atoms with Crippen LogP contribution in [-0.2, 0) is 23.2 Å². The summed E-state index contributed by atoms with van der Waals surface area (Å²) in [7, 11) is 1.88. The van der Waals surface area contributed by atoms with E-state index in [0.29, 0.717) is 13.1 Å². The molecule has 1 aromatic carbocycles. The van der Waals surface area contributed by atoms with E-state index >= 15 is 0 Å². The molecule has 28 heavy (non-hydrogen) atoms. The van der Waals surface area contributed by atoms with Crippen LogP contribution >= 0.6 is 0 Å². The predicted octanol–water partition coefficient (Wildman–Crippen LogP) is 2.12. The Labute approximate surface area is 166 Å². The first kappa shape index (κ1) is 20.1. The monoisotopic (exact) mass is 383 g/mol. The maximum atomic E-state index is 12.8. The van der Waals surface area contributed by atoms with Gasteiger partial charge in [0.2, 0.25) is 11.8 Å². The first-order chi connectivity index (χ1) is 13.3. The number of carbonyl (C=O) groups is 2. The second-order valence-corrected chi connectivity index (χ2v) is 7.75. The second-order valence-electron chi connectivity index (χ2n) is 7.75. The summed E-state index contributed by atoms with van der Waals surface area (Å²) in [5, 5.41) is 10.6. The van der Waals surface area contributed by atoms with Gasteiger partial charge in [0.05, 0.1) is 12.1 Å². The van der Waals surface area contributed by atoms with Gasteiger partial charge in [0.25, 0.3) is 0 Å². The Kier molecular flexibility index (Phi) is 6.14. The van der Waals surface area contributed by atoms with Crippen molar-refractivity contribution >= 4 is 17.5 Å². The first-order valence-corrected chi connectivity index (χ1v) is 9.71. The third-order valence-corrected chi connectivity index (χ3v) is 5.31. The molecule has 0 spiro atoms. The van der Waals surface area contributed by atoms with E-state index in [1.807, 2.05) is 62.5 Å². The lowest BCUT2D eigenvalue weighted by atomic mass is 9.90. The van der Waals surface area contributed by atoms with Crippen molar-refractivity contribution in [1.29, 1.82) is 0 Å². The molecule has 7 nitrogen and oxygen atoms in total. The van der Waals surface area contributed by atoms with E-state index in [1.54, 1.807) is 11.6 Å². The van der Waals surface area contributed by atoms with Crippen LogP contribution in [0.15, 0.2) is 36.7 Å². The van der Waals surface area contributed by atoms with Crippen molar-refractivity contribution in [2.24, 2.45) is 13.0 Å². The summed E-state index contributed by atoms with van der Waals surface area (Å²) in [5.41, 5.74) is 2.89. The van der Waals surface area contributed by atoms with Crippen LogP contribution in [0.1, 0.15) is 37.8 Å². The van der Waals surface area contributed by atoms with E-state index in [-0.39, 0.29) is 29.7 Å². The number of hydrogen-bond donors (Lipinski definition) is 2. The molecule has 0 radical (unpaired) electrons. The molecule has 1 saturated heterocycles. The van der Waals surface area contributed by atoms with Crippen LogP contribution in [0.3, 0.4) is 0 Å². The lowest BCUT2D eigenvalue weighted by molar-refractivity contribution is -0.131. The van der Waals surface area contributed by atoms with Gasteiger partial charge < -0.3 is 15.5 Å². The van der Waals surface area contributed by atoms with Gasteiger partial charge in [0, 0.05) is 57.4 Å². The van der Waals surface area contributed by atoms with Gasteiger partial charge >= 0.3 is 0 Å². The summed E-state index contributed by atoms with van der Waals surface area (Å²) in [6.07, 6.45) is 3.81. The highest BCUT2D eigenvalue weighted by Crippen LogP contribution is 2.29. The van der Waals surface area contributed by atoms with Crippen molar-refractivity contribution in [2.45, 2.75) is 39.3 Å². The number of carbonyl (C=O) groups excluding carboxylic acids is 2. The number of aryl methyl sites for hydroxylation is 1. The van der Waals surface area contributed by atoms with Crippen LogP contribution in [0.2, 0.25) is 0 Å². The zero-order chi connectivity index (χ0) is 20.3. The Bertz CT molecular complexity index is 828. The molecular formula is C21H29N5O2. The Balaban J connectivity index is 1.63. The second kappa shape index (κ2) is 8.56. The van der Waals surface area contributed by atoms with Crippen LogP contribution < -0.4 is 10.6 Å². The standard InChI is InChI=1S/C21H29N5O2/c1-14(2)26(15(3)27)12-16-5-7-18(8-6-16)24-21(28)20-11-22-10-19(20)17-9-23-25(4)13-17/h5-9,13-14,19-20,22H,10-12H2,1-4H3,(H,24,28)/t19-,20+/m1/s1. The highest BCUT2D eigenvalue weighted by atomic mass is 16.2. The van der Waals surface area contributed by atoms with Crippen molar-refractivity contribution in [3.63, 3.8) is 0 Å². The largest absolute Gasteiger partial charge is 0.336 e. The van der Waals surface area contributed by atoms with Crippen LogP contribution in [0.4, 0.5) is 5.69 Å². The molecule has 150 valence electrons. The number of hydrogen-bond acceptors (Lipinski definition) is 4. The number of nitrogens with one attached hydrogen (secondary N) is 2. The van der Waals surface area contributed by atoms with E-state index < -0.39 is 0 Å². The summed E-state index contributed by atoms with van der Waals surface area (Å²) in [6, 6.07) is 7.86. The van der Waals surface area contributed by atoms with Gasteiger partial charge in [-0.15, -0.1) is 0 Å². The zero-order valence-electron chi connectivity index (χ0n) is 17.0. The van der Waals surface area contributed by atoms with Gasteiger partial charge in [-0.05, 0) is 37.1 Å². The third kappa shape index (κ3) is 4.59. The first-order valence-electron chi connectivity index (χ1n) is 9.71. The van der Waals surface area contributed by atoms with Crippen LogP contribution in [0.5, 0.6) is 0 Å². The Morgan fingerprint density at radius 2 is 2.00 bits per heavy atom. The van der Waals surface area contributed by atoms with Gasteiger partial charge in [-0.3, -0.25) is 14.3 Å². The van der Waals surface area contributed by atoms with Gasteiger partial charge in [0.1, 0.15) is 0 Å². The summed E-state index contributed by atoms with van der Waals surface area (Å²) in [6.45, 7) is 7.60. The predicted molar refractivity (Wildman–Crippen MR) is 109 cm³/mol. The van der Waals surface area contributed by atoms with Gasteiger partial charge in [-0.2, -0.15) is 5.10 Å². The number of aromatic nitrogens is 2. The van der Waals surface area contributed by atoms with E-state index in [4.69, 9.17) is 0 Å². The molecule has 2 heterocycles. The maximum absolute atomic E-state index is 12.8. The molecule has 0 saturated carbocycles. The van der Waals surface area contributed by atoms with Gasteiger partial charge in [-0.25, -0.2) is 0 Å². The van der Waals surface area contributed by atoms with Crippen LogP contribution in [-0.4, -0.2) is 45.6 Å². The van der Waals surface area contributed by atoms with E-state index in [0.717, 1.165) is 23.4 Å². The number of rotatable bonds is 6. The number of nitrogens with zero attached hydrogens (tertiary/aromatic N) is 3. The third-order valence-electron chi connectivity index (χ3n) is 5.31. The Hall–Kier alpha value is -2.67. The maximum Gasteiger partial charge on any atom is 0.229 e. The minimum Gasteiger partial charge on any atom is -0.336 e. The Morgan fingerprint density at radius 1 is 1.29 bits per heavy atom.